The second kappa shape index (κ2) is 7.45. The van der Waals surface area contributed by atoms with Gasteiger partial charge in [0.25, 0.3) is 15.9 Å². The highest BCUT2D eigenvalue weighted by molar-refractivity contribution is 7.90. The maximum absolute atomic E-state index is 12.0. The molecule has 0 atom stereocenters. The number of carbonyl (C=O) groups is 1. The number of amides is 1. The summed E-state index contributed by atoms with van der Waals surface area (Å²) in [6, 6.07) is 6.29. The van der Waals surface area contributed by atoms with Crippen LogP contribution >= 0.6 is 0 Å². The van der Waals surface area contributed by atoms with Crippen LogP contribution in [0.15, 0.2) is 41.5 Å². The molecular formula is C16H21NO4S. The average molecular weight is 323 g/mol. The normalized spacial score (nSPS) is 16.6. The third-order valence-electron chi connectivity index (χ3n) is 3.61. The number of nitrogens with one attached hydrogen (secondary N) is 1. The molecule has 1 saturated carbocycles. The van der Waals surface area contributed by atoms with Gasteiger partial charge in [-0.1, -0.05) is 24.1 Å². The third-order valence-corrected chi connectivity index (χ3v) is 4.97. The number of hydrogen-bond donors (Lipinski definition) is 1. The molecule has 0 aromatic heterocycles. The summed E-state index contributed by atoms with van der Waals surface area (Å²) < 4.78 is 31.5. The first kappa shape index (κ1) is 16.5. The first-order valence-corrected chi connectivity index (χ1v) is 8.91. The van der Waals surface area contributed by atoms with E-state index in [4.69, 9.17) is 4.74 Å². The van der Waals surface area contributed by atoms with E-state index in [0.717, 1.165) is 37.3 Å². The molecule has 0 saturated heterocycles. The Hall–Kier alpha value is -1.82. The fourth-order valence-electron chi connectivity index (χ4n) is 2.36. The Labute approximate surface area is 131 Å². The highest BCUT2D eigenvalue weighted by Crippen LogP contribution is 2.20. The predicted octanol–water partition coefficient (Wildman–Crippen LogP) is 2.66. The van der Waals surface area contributed by atoms with Gasteiger partial charge in [0.2, 0.25) is 0 Å². The summed E-state index contributed by atoms with van der Waals surface area (Å²) in [5.74, 6) is -0.712. The number of aryl methyl sites for hydroxylation is 1. The molecule has 22 heavy (non-hydrogen) atoms. The van der Waals surface area contributed by atoms with Crippen molar-refractivity contribution in [2.75, 3.05) is 0 Å². The van der Waals surface area contributed by atoms with Crippen molar-refractivity contribution >= 4 is 15.9 Å². The largest absolute Gasteiger partial charge is 0.498 e. The van der Waals surface area contributed by atoms with Crippen molar-refractivity contribution in [1.82, 2.24) is 4.72 Å². The standard InChI is InChI=1S/C16H21NO4S/c1-13-7-9-15(10-8-13)22(19,20)17-16(18)11-12-21-14-5-3-2-4-6-14/h7-12,14H,2-6H2,1H3,(H,17,18)/b12-11+. The Bertz CT molecular complexity index is 629. The van der Waals surface area contributed by atoms with Crippen LogP contribution in [0.1, 0.15) is 37.7 Å². The second-order valence-electron chi connectivity index (χ2n) is 5.48. The lowest BCUT2D eigenvalue weighted by molar-refractivity contribution is -0.115. The molecule has 0 spiro atoms. The Morgan fingerprint density at radius 2 is 1.82 bits per heavy atom. The Morgan fingerprint density at radius 1 is 1.18 bits per heavy atom. The number of rotatable bonds is 5. The van der Waals surface area contributed by atoms with Crippen molar-refractivity contribution < 1.29 is 17.9 Å². The lowest BCUT2D eigenvalue weighted by Crippen LogP contribution is -2.29. The van der Waals surface area contributed by atoms with Crippen LogP contribution in [0.3, 0.4) is 0 Å². The van der Waals surface area contributed by atoms with Gasteiger partial charge in [-0.2, -0.15) is 0 Å². The van der Waals surface area contributed by atoms with Gasteiger partial charge in [-0.3, -0.25) is 4.79 Å². The highest BCUT2D eigenvalue weighted by atomic mass is 32.2. The number of hydrogen-bond acceptors (Lipinski definition) is 4. The first-order chi connectivity index (χ1) is 10.5. The van der Waals surface area contributed by atoms with E-state index in [2.05, 4.69) is 0 Å². The van der Waals surface area contributed by atoms with Gasteiger partial charge in [-0.15, -0.1) is 0 Å². The van der Waals surface area contributed by atoms with Gasteiger partial charge < -0.3 is 4.74 Å². The maximum atomic E-state index is 12.0. The molecule has 0 radical (unpaired) electrons. The molecule has 5 nitrogen and oxygen atoms in total. The first-order valence-electron chi connectivity index (χ1n) is 7.43. The number of carbonyl (C=O) groups excluding carboxylic acids is 1. The van der Waals surface area contributed by atoms with E-state index in [0.29, 0.717) is 0 Å². The van der Waals surface area contributed by atoms with Crippen molar-refractivity contribution in [3.05, 3.63) is 42.2 Å². The molecule has 1 fully saturated rings. The van der Waals surface area contributed by atoms with Crippen LogP contribution < -0.4 is 4.72 Å². The molecule has 1 N–H and O–H groups in total. The van der Waals surface area contributed by atoms with Gasteiger partial charge >= 0.3 is 0 Å². The second-order valence-corrected chi connectivity index (χ2v) is 7.16. The van der Waals surface area contributed by atoms with Crippen LogP contribution in [0, 0.1) is 6.92 Å². The fraction of sp³-hybridized carbons (Fsp3) is 0.438. The van der Waals surface area contributed by atoms with Gasteiger partial charge in [-0.05, 0) is 44.7 Å². The van der Waals surface area contributed by atoms with Crippen LogP contribution in [0.25, 0.3) is 0 Å². The van der Waals surface area contributed by atoms with Crippen molar-refractivity contribution in [3.8, 4) is 0 Å². The quantitative estimate of drug-likeness (QED) is 0.668. The summed E-state index contributed by atoms with van der Waals surface area (Å²) >= 11 is 0. The smallest absolute Gasteiger partial charge is 0.264 e. The van der Waals surface area contributed by atoms with Crippen molar-refractivity contribution in [3.63, 3.8) is 0 Å². The molecule has 6 heteroatoms. The van der Waals surface area contributed by atoms with Crippen LogP contribution in [0.5, 0.6) is 0 Å². The van der Waals surface area contributed by atoms with E-state index in [-0.39, 0.29) is 11.0 Å². The van der Waals surface area contributed by atoms with Crippen molar-refractivity contribution in [2.24, 2.45) is 0 Å². The van der Waals surface area contributed by atoms with E-state index in [1.807, 2.05) is 11.6 Å². The van der Waals surface area contributed by atoms with Crippen LogP contribution in [-0.2, 0) is 19.6 Å². The summed E-state index contributed by atoms with van der Waals surface area (Å²) in [5, 5.41) is 0. The minimum atomic E-state index is -3.84. The topological polar surface area (TPSA) is 72.5 Å². The monoisotopic (exact) mass is 323 g/mol. The minimum Gasteiger partial charge on any atom is -0.498 e. The van der Waals surface area contributed by atoms with Crippen LogP contribution in [0.4, 0.5) is 0 Å². The molecule has 2 rings (SSSR count). The van der Waals surface area contributed by atoms with Crippen molar-refractivity contribution in [1.29, 1.82) is 0 Å². The van der Waals surface area contributed by atoms with Gasteiger partial charge in [0, 0.05) is 6.08 Å². The fourth-order valence-corrected chi connectivity index (χ4v) is 3.30. The molecule has 0 heterocycles. The van der Waals surface area contributed by atoms with Gasteiger partial charge in [0.1, 0.15) is 0 Å². The Morgan fingerprint density at radius 3 is 2.45 bits per heavy atom. The maximum Gasteiger partial charge on any atom is 0.264 e. The third kappa shape index (κ3) is 4.87. The van der Waals surface area contributed by atoms with E-state index in [1.165, 1.54) is 24.8 Å². The summed E-state index contributed by atoms with van der Waals surface area (Å²) in [6.07, 6.45) is 7.97. The summed E-state index contributed by atoms with van der Waals surface area (Å²) in [4.78, 5) is 11.7. The summed E-state index contributed by atoms with van der Waals surface area (Å²) in [6.45, 7) is 1.86. The van der Waals surface area contributed by atoms with Gasteiger partial charge in [0.05, 0.1) is 17.3 Å². The highest BCUT2D eigenvalue weighted by Gasteiger charge is 2.16. The van der Waals surface area contributed by atoms with E-state index in [1.54, 1.807) is 12.1 Å². The minimum absolute atomic E-state index is 0.0630. The summed E-state index contributed by atoms with van der Waals surface area (Å²) in [5.41, 5.74) is 0.950. The molecule has 1 amide bonds. The Balaban J connectivity index is 1.88. The zero-order valence-electron chi connectivity index (χ0n) is 12.6. The van der Waals surface area contributed by atoms with E-state index >= 15 is 0 Å². The Kier molecular flexibility index (Phi) is 5.60. The zero-order valence-corrected chi connectivity index (χ0v) is 13.4. The van der Waals surface area contributed by atoms with Crippen LogP contribution in [-0.4, -0.2) is 20.4 Å². The molecule has 120 valence electrons. The number of ether oxygens (including phenoxy) is 1. The lowest BCUT2D eigenvalue weighted by atomic mass is 9.98. The molecular weight excluding hydrogens is 302 g/mol. The van der Waals surface area contributed by atoms with E-state index in [9.17, 15) is 13.2 Å². The van der Waals surface area contributed by atoms with E-state index < -0.39 is 15.9 Å². The number of benzene rings is 1. The predicted molar refractivity (Wildman–Crippen MR) is 83.6 cm³/mol. The average Bonchev–Trinajstić information content (AvgIpc) is 2.48. The SMILES string of the molecule is Cc1ccc(S(=O)(=O)NC(=O)/C=C/OC2CCCCC2)cc1. The lowest BCUT2D eigenvalue weighted by Gasteiger charge is -2.20. The van der Waals surface area contributed by atoms with Gasteiger partial charge in [-0.25, -0.2) is 13.1 Å². The molecule has 1 aromatic rings. The summed E-state index contributed by atoms with van der Waals surface area (Å²) in [7, 11) is -3.84. The molecule has 1 aliphatic rings. The zero-order chi connectivity index (χ0) is 16.0. The molecule has 0 aliphatic heterocycles. The number of sulfonamides is 1. The molecule has 0 unspecified atom stereocenters. The van der Waals surface area contributed by atoms with Crippen molar-refractivity contribution in [2.45, 2.75) is 50.0 Å². The van der Waals surface area contributed by atoms with Gasteiger partial charge in [0.15, 0.2) is 0 Å². The molecule has 1 aromatic carbocycles. The molecule has 0 bridgehead atoms. The molecule has 1 aliphatic carbocycles. The van der Waals surface area contributed by atoms with Crippen LogP contribution in [0.2, 0.25) is 0 Å².